The molecule has 164 valence electrons. The number of anilines is 4. The Balaban J connectivity index is 1.49. The molecular weight excluding hydrogens is 430 g/mol. The number of fused-ring (bicyclic) bond motifs is 1. The third kappa shape index (κ3) is 5.51. The lowest BCUT2D eigenvalue weighted by Gasteiger charge is -2.11. The zero-order valence-corrected chi connectivity index (χ0v) is 17.9. The van der Waals surface area contributed by atoms with Gasteiger partial charge in [0.25, 0.3) is 0 Å². The average molecular weight is 452 g/mol. The minimum atomic E-state index is -0.386. The number of carbonyl (C=O) groups is 1. The SMILES string of the molecule is O=C(CCCCn1cc(Nc2nc(Nc3cccc(Cl)c3)c3ccccc3n2)cn1)NO. The van der Waals surface area contributed by atoms with Crippen LogP contribution < -0.4 is 16.1 Å². The van der Waals surface area contributed by atoms with E-state index in [2.05, 4.69) is 25.7 Å². The maximum atomic E-state index is 11.1. The Kier molecular flexibility index (Phi) is 6.78. The highest BCUT2D eigenvalue weighted by molar-refractivity contribution is 6.30. The van der Waals surface area contributed by atoms with Crippen LogP contribution >= 0.6 is 11.6 Å². The van der Waals surface area contributed by atoms with Crippen LogP contribution in [0.4, 0.5) is 23.1 Å². The number of para-hydroxylation sites is 1. The number of nitrogens with one attached hydrogen (secondary N) is 3. The van der Waals surface area contributed by atoms with E-state index >= 15 is 0 Å². The summed E-state index contributed by atoms with van der Waals surface area (Å²) in [5.41, 5.74) is 4.01. The van der Waals surface area contributed by atoms with E-state index in [-0.39, 0.29) is 12.3 Å². The number of amides is 1. The fraction of sp³-hybridized carbons (Fsp3) is 0.182. The van der Waals surface area contributed by atoms with Crippen molar-refractivity contribution in [2.75, 3.05) is 10.6 Å². The Morgan fingerprint density at radius 1 is 1.03 bits per heavy atom. The quantitative estimate of drug-likeness (QED) is 0.166. The van der Waals surface area contributed by atoms with Crippen LogP contribution in [0.1, 0.15) is 19.3 Å². The van der Waals surface area contributed by atoms with Gasteiger partial charge in [-0.1, -0.05) is 29.8 Å². The topological polar surface area (TPSA) is 117 Å². The molecule has 0 atom stereocenters. The van der Waals surface area contributed by atoms with Crippen molar-refractivity contribution in [3.63, 3.8) is 0 Å². The van der Waals surface area contributed by atoms with Gasteiger partial charge in [0.05, 0.1) is 17.4 Å². The van der Waals surface area contributed by atoms with Crippen molar-refractivity contribution in [2.24, 2.45) is 0 Å². The number of unbranched alkanes of at least 4 members (excludes halogenated alkanes) is 1. The fourth-order valence-electron chi connectivity index (χ4n) is 3.23. The first-order chi connectivity index (χ1) is 15.6. The number of nitrogens with zero attached hydrogens (tertiary/aromatic N) is 4. The highest BCUT2D eigenvalue weighted by atomic mass is 35.5. The normalized spacial score (nSPS) is 10.8. The van der Waals surface area contributed by atoms with Gasteiger partial charge in [-0.2, -0.15) is 10.1 Å². The number of benzene rings is 2. The molecule has 0 aliphatic carbocycles. The molecule has 0 radical (unpaired) electrons. The molecule has 0 spiro atoms. The van der Waals surface area contributed by atoms with Crippen molar-refractivity contribution in [3.05, 3.63) is 65.9 Å². The molecule has 0 saturated heterocycles. The highest BCUT2D eigenvalue weighted by Gasteiger charge is 2.10. The molecule has 2 heterocycles. The van der Waals surface area contributed by atoms with Gasteiger partial charge in [-0.05, 0) is 43.2 Å². The van der Waals surface area contributed by atoms with Crippen molar-refractivity contribution in [1.29, 1.82) is 0 Å². The summed E-state index contributed by atoms with van der Waals surface area (Å²) < 4.78 is 1.78. The molecule has 0 fully saturated rings. The number of hydrogen-bond donors (Lipinski definition) is 4. The first-order valence-corrected chi connectivity index (χ1v) is 10.5. The van der Waals surface area contributed by atoms with Crippen molar-refractivity contribution in [2.45, 2.75) is 25.8 Å². The first-order valence-electron chi connectivity index (χ1n) is 10.1. The lowest BCUT2D eigenvalue weighted by molar-refractivity contribution is -0.129. The van der Waals surface area contributed by atoms with Gasteiger partial charge in [-0.15, -0.1) is 0 Å². The van der Waals surface area contributed by atoms with E-state index in [1.807, 2.05) is 54.7 Å². The fourth-order valence-corrected chi connectivity index (χ4v) is 3.42. The lowest BCUT2D eigenvalue weighted by Crippen LogP contribution is -2.18. The molecule has 0 aliphatic rings. The molecule has 2 aromatic heterocycles. The predicted molar refractivity (Wildman–Crippen MR) is 124 cm³/mol. The molecule has 4 aromatic rings. The van der Waals surface area contributed by atoms with Gasteiger partial charge in [0, 0.05) is 35.3 Å². The molecule has 2 aromatic carbocycles. The van der Waals surface area contributed by atoms with E-state index in [1.165, 1.54) is 0 Å². The number of halogens is 1. The number of hydroxylamine groups is 1. The molecule has 0 saturated carbocycles. The van der Waals surface area contributed by atoms with E-state index in [1.54, 1.807) is 16.4 Å². The third-order valence-electron chi connectivity index (χ3n) is 4.75. The lowest BCUT2D eigenvalue weighted by atomic mass is 10.2. The summed E-state index contributed by atoms with van der Waals surface area (Å²) in [6.07, 6.45) is 5.24. The van der Waals surface area contributed by atoms with Gasteiger partial charge in [0.15, 0.2) is 0 Å². The van der Waals surface area contributed by atoms with Crippen LogP contribution in [0, 0.1) is 0 Å². The molecule has 1 amide bonds. The molecule has 4 N–H and O–H groups in total. The van der Waals surface area contributed by atoms with Gasteiger partial charge in [0.2, 0.25) is 11.9 Å². The van der Waals surface area contributed by atoms with E-state index in [4.69, 9.17) is 16.8 Å². The predicted octanol–water partition coefficient (Wildman–Crippen LogP) is 4.64. The zero-order chi connectivity index (χ0) is 22.3. The van der Waals surface area contributed by atoms with Crippen LogP contribution in [0.15, 0.2) is 60.9 Å². The van der Waals surface area contributed by atoms with Gasteiger partial charge >= 0.3 is 0 Å². The maximum Gasteiger partial charge on any atom is 0.243 e. The van der Waals surface area contributed by atoms with Crippen molar-refractivity contribution >= 4 is 51.6 Å². The second-order valence-electron chi connectivity index (χ2n) is 7.16. The number of aromatic nitrogens is 4. The minimum Gasteiger partial charge on any atom is -0.340 e. The summed E-state index contributed by atoms with van der Waals surface area (Å²) >= 11 is 6.11. The Hall–Kier alpha value is -3.69. The largest absolute Gasteiger partial charge is 0.340 e. The molecule has 9 nitrogen and oxygen atoms in total. The number of carbonyl (C=O) groups excluding carboxylic acids is 1. The molecule has 0 unspecified atom stereocenters. The Bertz CT molecular complexity index is 1230. The first kappa shape index (κ1) is 21.5. The summed E-state index contributed by atoms with van der Waals surface area (Å²) in [6.45, 7) is 0.653. The third-order valence-corrected chi connectivity index (χ3v) is 4.98. The molecular formula is C22H22ClN7O2. The summed E-state index contributed by atoms with van der Waals surface area (Å²) in [6, 6.07) is 15.2. The summed E-state index contributed by atoms with van der Waals surface area (Å²) in [5, 5.41) is 20.9. The molecule has 10 heteroatoms. The monoisotopic (exact) mass is 451 g/mol. The van der Waals surface area contributed by atoms with Crippen molar-refractivity contribution in [1.82, 2.24) is 25.2 Å². The van der Waals surface area contributed by atoms with E-state index < -0.39 is 0 Å². The van der Waals surface area contributed by atoms with E-state index in [0.717, 1.165) is 28.7 Å². The molecule has 32 heavy (non-hydrogen) atoms. The van der Waals surface area contributed by atoms with Gasteiger partial charge in [-0.3, -0.25) is 14.7 Å². The second kappa shape index (κ2) is 10.1. The summed E-state index contributed by atoms with van der Waals surface area (Å²) in [4.78, 5) is 20.3. The Morgan fingerprint density at radius 2 is 1.91 bits per heavy atom. The molecule has 4 rings (SSSR count). The van der Waals surface area contributed by atoms with Crippen LogP contribution in [-0.2, 0) is 11.3 Å². The number of hydrogen-bond acceptors (Lipinski definition) is 7. The smallest absolute Gasteiger partial charge is 0.243 e. The van der Waals surface area contributed by atoms with Crippen molar-refractivity contribution in [3.8, 4) is 0 Å². The second-order valence-corrected chi connectivity index (χ2v) is 7.59. The number of rotatable bonds is 9. The van der Waals surface area contributed by atoms with Crippen LogP contribution in [-0.4, -0.2) is 30.9 Å². The standard InChI is InChI=1S/C22H22ClN7O2/c23-15-6-5-7-16(12-15)25-21-18-8-1-2-9-19(18)27-22(28-21)26-17-13-24-30(14-17)11-4-3-10-20(31)29-32/h1-2,5-9,12-14,32H,3-4,10-11H2,(H,29,31)(H2,25,26,27,28). The van der Waals surface area contributed by atoms with Crippen LogP contribution in [0.5, 0.6) is 0 Å². The minimum absolute atomic E-state index is 0.274. The van der Waals surface area contributed by atoms with Crippen LogP contribution in [0.2, 0.25) is 5.02 Å². The Labute approximate surface area is 189 Å². The highest BCUT2D eigenvalue weighted by Crippen LogP contribution is 2.27. The number of aryl methyl sites for hydroxylation is 1. The summed E-state index contributed by atoms with van der Waals surface area (Å²) in [5.74, 6) is 0.714. The zero-order valence-electron chi connectivity index (χ0n) is 17.1. The maximum absolute atomic E-state index is 11.1. The average Bonchev–Trinajstić information content (AvgIpc) is 3.23. The van der Waals surface area contributed by atoms with E-state index in [9.17, 15) is 4.79 Å². The Morgan fingerprint density at radius 3 is 2.75 bits per heavy atom. The van der Waals surface area contributed by atoms with Crippen LogP contribution in [0.25, 0.3) is 10.9 Å². The van der Waals surface area contributed by atoms with Gasteiger partial charge < -0.3 is 10.6 Å². The van der Waals surface area contributed by atoms with Gasteiger partial charge in [-0.25, -0.2) is 10.5 Å². The molecule has 0 aliphatic heterocycles. The summed E-state index contributed by atoms with van der Waals surface area (Å²) in [7, 11) is 0. The molecule has 0 bridgehead atoms. The van der Waals surface area contributed by atoms with Crippen molar-refractivity contribution < 1.29 is 10.0 Å². The van der Waals surface area contributed by atoms with Gasteiger partial charge in [0.1, 0.15) is 5.82 Å². The van der Waals surface area contributed by atoms with E-state index in [0.29, 0.717) is 29.8 Å². The van der Waals surface area contributed by atoms with Crippen LogP contribution in [0.3, 0.4) is 0 Å².